The first-order chi connectivity index (χ1) is 7.70. The minimum Gasteiger partial charge on any atom is -0.306 e. The largest absolute Gasteiger partial charge is 0.306 e. The van der Waals surface area contributed by atoms with Gasteiger partial charge in [0, 0.05) is 0 Å². The molecule has 0 N–H and O–H groups in total. The molecule has 0 radical (unpaired) electrons. The Morgan fingerprint density at radius 3 is 2.62 bits per heavy atom. The number of likely N-dealkylation sites (tertiary alicyclic amines) is 1. The fourth-order valence-corrected chi connectivity index (χ4v) is 2.22. The van der Waals surface area contributed by atoms with Crippen LogP contribution in [0.3, 0.4) is 0 Å². The zero-order valence-electron chi connectivity index (χ0n) is 9.41. The van der Waals surface area contributed by atoms with E-state index >= 15 is 0 Å². The number of nitrogens with zero attached hydrogens (tertiary/aromatic N) is 2. The van der Waals surface area contributed by atoms with Crippen molar-refractivity contribution < 1.29 is 4.39 Å². The summed E-state index contributed by atoms with van der Waals surface area (Å²) in [5, 5.41) is 8.66. The highest BCUT2D eigenvalue weighted by atomic mass is 19.1. The van der Waals surface area contributed by atoms with Crippen molar-refractivity contribution in [3.8, 4) is 6.07 Å². The summed E-state index contributed by atoms with van der Waals surface area (Å²) in [4.78, 5) is 2.29. The molecular weight excluding hydrogens is 203 g/mol. The summed E-state index contributed by atoms with van der Waals surface area (Å²) in [6, 6.07) is 6.84. The molecule has 0 aliphatic carbocycles. The molecule has 3 heteroatoms. The van der Waals surface area contributed by atoms with E-state index in [1.807, 2.05) is 12.1 Å². The molecule has 0 spiro atoms. The first-order valence-corrected chi connectivity index (χ1v) is 5.59. The standard InChI is InChI=1S/C13H15FN2/c1-16-6-4-10(5-7-16)11-2-3-12(9-15)13(14)8-11/h2-3,8,10H,4-7H2,1H3. The van der Waals surface area contributed by atoms with Gasteiger partial charge in [0.25, 0.3) is 0 Å². The Labute approximate surface area is 95.3 Å². The Morgan fingerprint density at radius 2 is 2.06 bits per heavy atom. The predicted octanol–water partition coefficient (Wildman–Crippen LogP) is 2.51. The molecule has 0 aromatic heterocycles. The van der Waals surface area contributed by atoms with Crippen molar-refractivity contribution >= 4 is 0 Å². The molecule has 0 amide bonds. The van der Waals surface area contributed by atoms with Crippen LogP contribution in [0, 0.1) is 17.1 Å². The number of benzene rings is 1. The molecular formula is C13H15FN2. The Bertz CT molecular complexity index is 414. The molecule has 1 aromatic carbocycles. The lowest BCUT2D eigenvalue weighted by Crippen LogP contribution is -2.29. The Hall–Kier alpha value is -1.40. The molecule has 0 unspecified atom stereocenters. The number of nitriles is 1. The highest BCUT2D eigenvalue weighted by molar-refractivity contribution is 5.34. The van der Waals surface area contributed by atoms with Crippen molar-refractivity contribution in [1.29, 1.82) is 5.26 Å². The fraction of sp³-hybridized carbons (Fsp3) is 0.462. The molecule has 0 bridgehead atoms. The summed E-state index contributed by atoms with van der Waals surface area (Å²) in [5.74, 6) is 0.0531. The monoisotopic (exact) mass is 218 g/mol. The lowest BCUT2D eigenvalue weighted by molar-refractivity contribution is 0.255. The van der Waals surface area contributed by atoms with E-state index < -0.39 is 0 Å². The van der Waals surface area contributed by atoms with Gasteiger partial charge in [0.15, 0.2) is 0 Å². The molecule has 1 aliphatic heterocycles. The van der Waals surface area contributed by atoms with Crippen molar-refractivity contribution in [2.45, 2.75) is 18.8 Å². The van der Waals surface area contributed by atoms with Crippen LogP contribution in [0.4, 0.5) is 4.39 Å². The van der Waals surface area contributed by atoms with E-state index in [2.05, 4.69) is 11.9 Å². The molecule has 1 aromatic rings. The minimum absolute atomic E-state index is 0.136. The second kappa shape index (κ2) is 4.63. The van der Waals surface area contributed by atoms with Gasteiger partial charge in [-0.3, -0.25) is 0 Å². The Morgan fingerprint density at radius 1 is 1.38 bits per heavy atom. The highest BCUT2D eigenvalue weighted by Gasteiger charge is 2.19. The van der Waals surface area contributed by atoms with Crippen LogP contribution in [0.25, 0.3) is 0 Å². The summed E-state index contributed by atoms with van der Waals surface area (Å²) >= 11 is 0. The van der Waals surface area contributed by atoms with E-state index in [1.54, 1.807) is 6.07 Å². The molecule has 0 atom stereocenters. The number of hydrogen-bond donors (Lipinski definition) is 0. The van der Waals surface area contributed by atoms with Crippen molar-refractivity contribution in [1.82, 2.24) is 4.90 Å². The maximum absolute atomic E-state index is 13.4. The number of rotatable bonds is 1. The number of hydrogen-bond acceptors (Lipinski definition) is 2. The lowest BCUT2D eigenvalue weighted by Gasteiger charge is -2.29. The zero-order chi connectivity index (χ0) is 11.5. The summed E-state index contributed by atoms with van der Waals surface area (Å²) in [6.07, 6.45) is 2.14. The van der Waals surface area contributed by atoms with Crippen LogP contribution in [-0.4, -0.2) is 25.0 Å². The average molecular weight is 218 g/mol. The third-order valence-corrected chi connectivity index (χ3v) is 3.30. The summed E-state index contributed by atoms with van der Waals surface area (Å²) < 4.78 is 13.4. The predicted molar refractivity (Wildman–Crippen MR) is 60.6 cm³/mol. The van der Waals surface area contributed by atoms with Gasteiger partial charge in [0.2, 0.25) is 0 Å². The normalized spacial score (nSPS) is 18.3. The molecule has 1 saturated heterocycles. The second-order valence-electron chi connectivity index (χ2n) is 4.43. The molecule has 1 fully saturated rings. The number of halogens is 1. The maximum Gasteiger partial charge on any atom is 0.141 e. The van der Waals surface area contributed by atoms with E-state index in [-0.39, 0.29) is 11.4 Å². The van der Waals surface area contributed by atoms with Crippen molar-refractivity contribution in [3.05, 3.63) is 35.1 Å². The molecule has 2 nitrogen and oxygen atoms in total. The van der Waals surface area contributed by atoms with Crippen LogP contribution in [0.5, 0.6) is 0 Å². The maximum atomic E-state index is 13.4. The second-order valence-corrected chi connectivity index (χ2v) is 4.43. The van der Waals surface area contributed by atoms with Crippen LogP contribution >= 0.6 is 0 Å². The topological polar surface area (TPSA) is 27.0 Å². The SMILES string of the molecule is CN1CCC(c2ccc(C#N)c(F)c2)CC1. The summed E-state index contributed by atoms with van der Waals surface area (Å²) in [7, 11) is 2.11. The zero-order valence-corrected chi connectivity index (χ0v) is 9.41. The first-order valence-electron chi connectivity index (χ1n) is 5.59. The molecule has 2 rings (SSSR count). The van der Waals surface area contributed by atoms with Gasteiger partial charge in [-0.1, -0.05) is 6.07 Å². The van der Waals surface area contributed by atoms with Gasteiger partial charge < -0.3 is 4.90 Å². The smallest absolute Gasteiger partial charge is 0.141 e. The van der Waals surface area contributed by atoms with Gasteiger partial charge in [0.1, 0.15) is 11.9 Å². The highest BCUT2D eigenvalue weighted by Crippen LogP contribution is 2.28. The van der Waals surface area contributed by atoms with Gasteiger partial charge in [-0.25, -0.2) is 4.39 Å². The van der Waals surface area contributed by atoms with Gasteiger partial charge >= 0.3 is 0 Å². The van der Waals surface area contributed by atoms with Gasteiger partial charge in [-0.2, -0.15) is 5.26 Å². The summed E-state index contributed by atoms with van der Waals surface area (Å²) in [6.45, 7) is 2.12. The molecule has 1 aliphatic rings. The Balaban J connectivity index is 2.16. The van der Waals surface area contributed by atoms with Gasteiger partial charge in [0.05, 0.1) is 5.56 Å². The molecule has 1 heterocycles. The van der Waals surface area contributed by atoms with Crippen LogP contribution in [-0.2, 0) is 0 Å². The van der Waals surface area contributed by atoms with E-state index in [4.69, 9.17) is 5.26 Å². The molecule has 0 saturated carbocycles. The quantitative estimate of drug-likeness (QED) is 0.724. The van der Waals surface area contributed by atoms with Crippen LogP contribution in [0.1, 0.15) is 29.9 Å². The third-order valence-electron chi connectivity index (χ3n) is 3.30. The van der Waals surface area contributed by atoms with Crippen molar-refractivity contribution in [3.63, 3.8) is 0 Å². The van der Waals surface area contributed by atoms with Gasteiger partial charge in [-0.15, -0.1) is 0 Å². The van der Waals surface area contributed by atoms with Crippen molar-refractivity contribution in [2.24, 2.45) is 0 Å². The Kier molecular flexibility index (Phi) is 3.21. The van der Waals surface area contributed by atoms with Crippen LogP contribution < -0.4 is 0 Å². The van der Waals surface area contributed by atoms with Gasteiger partial charge in [-0.05, 0) is 56.6 Å². The van der Waals surface area contributed by atoms with E-state index in [9.17, 15) is 4.39 Å². The molecule has 16 heavy (non-hydrogen) atoms. The third kappa shape index (κ3) is 2.23. The van der Waals surface area contributed by atoms with E-state index in [1.165, 1.54) is 6.07 Å². The van der Waals surface area contributed by atoms with Crippen molar-refractivity contribution in [2.75, 3.05) is 20.1 Å². The summed E-state index contributed by atoms with van der Waals surface area (Å²) in [5.41, 5.74) is 1.17. The average Bonchev–Trinajstić information content (AvgIpc) is 2.30. The lowest BCUT2D eigenvalue weighted by atomic mass is 9.89. The number of piperidine rings is 1. The van der Waals surface area contributed by atoms with E-state index in [0.717, 1.165) is 31.5 Å². The van der Waals surface area contributed by atoms with Crippen LogP contribution in [0.2, 0.25) is 0 Å². The molecule has 84 valence electrons. The fourth-order valence-electron chi connectivity index (χ4n) is 2.22. The van der Waals surface area contributed by atoms with Crippen LogP contribution in [0.15, 0.2) is 18.2 Å². The minimum atomic E-state index is -0.390. The van der Waals surface area contributed by atoms with E-state index in [0.29, 0.717) is 5.92 Å². The first kappa shape index (κ1) is 11.1.